The summed E-state index contributed by atoms with van der Waals surface area (Å²) in [4.78, 5) is 0. The first-order valence-electron chi connectivity index (χ1n) is 7.58. The Kier molecular flexibility index (Phi) is 4.52. The highest BCUT2D eigenvalue weighted by atomic mass is 16.3. The third-order valence-corrected chi connectivity index (χ3v) is 4.50. The third-order valence-electron chi connectivity index (χ3n) is 4.50. The number of hydrogen-bond donors (Lipinski definition) is 3. The molecule has 4 N–H and O–H groups in total. The quantitative estimate of drug-likeness (QED) is 0.792. The van der Waals surface area contributed by atoms with Crippen LogP contribution in [0, 0.1) is 0 Å². The molecule has 0 heterocycles. The smallest absolute Gasteiger partial charge is 0.0733 e. The Morgan fingerprint density at radius 2 is 1.70 bits per heavy atom. The van der Waals surface area contributed by atoms with Gasteiger partial charge in [-0.1, -0.05) is 43.5 Å². The topological polar surface area (TPSA) is 66.5 Å². The molecule has 0 aliphatic heterocycles. The van der Waals surface area contributed by atoms with Gasteiger partial charge in [-0.25, -0.2) is 0 Å². The van der Waals surface area contributed by atoms with Crippen LogP contribution >= 0.6 is 0 Å². The first kappa shape index (κ1) is 15.5. The zero-order valence-corrected chi connectivity index (χ0v) is 12.6. The maximum absolute atomic E-state index is 11.1. The van der Waals surface area contributed by atoms with Crippen molar-refractivity contribution < 1.29 is 10.2 Å². The zero-order valence-electron chi connectivity index (χ0n) is 12.6. The van der Waals surface area contributed by atoms with Crippen LogP contribution in [-0.2, 0) is 6.61 Å². The molecule has 20 heavy (non-hydrogen) atoms. The molecule has 112 valence electrons. The molecule has 1 fully saturated rings. The van der Waals surface area contributed by atoms with Gasteiger partial charge in [0.2, 0.25) is 0 Å². The van der Waals surface area contributed by atoms with E-state index in [4.69, 9.17) is 10.8 Å². The summed E-state index contributed by atoms with van der Waals surface area (Å²) in [7, 11) is 0. The van der Waals surface area contributed by atoms with Crippen LogP contribution in [0.1, 0.15) is 63.0 Å². The molecule has 0 bridgehead atoms. The summed E-state index contributed by atoms with van der Waals surface area (Å²) in [6.07, 6.45) is 4.97. The van der Waals surface area contributed by atoms with Crippen molar-refractivity contribution in [2.24, 2.45) is 5.73 Å². The minimum absolute atomic E-state index is 0.0429. The molecule has 0 aromatic heterocycles. The Labute approximate surface area is 121 Å². The number of aliphatic hydroxyl groups excluding tert-OH is 1. The van der Waals surface area contributed by atoms with E-state index in [-0.39, 0.29) is 12.5 Å². The van der Waals surface area contributed by atoms with Gasteiger partial charge in [-0.05, 0) is 37.8 Å². The van der Waals surface area contributed by atoms with E-state index < -0.39 is 11.1 Å². The van der Waals surface area contributed by atoms with Crippen LogP contribution in [0.15, 0.2) is 24.3 Å². The van der Waals surface area contributed by atoms with Gasteiger partial charge in [-0.2, -0.15) is 0 Å². The number of nitrogens with two attached hydrogens (primary N) is 1. The molecule has 1 aromatic carbocycles. The highest BCUT2D eigenvalue weighted by molar-refractivity contribution is 5.30. The van der Waals surface area contributed by atoms with Gasteiger partial charge < -0.3 is 15.9 Å². The molecule has 1 aliphatic rings. The zero-order chi connectivity index (χ0) is 14.8. The van der Waals surface area contributed by atoms with Crippen LogP contribution in [0.2, 0.25) is 0 Å². The second kappa shape index (κ2) is 5.84. The number of rotatable bonds is 4. The number of hydrogen-bond acceptors (Lipinski definition) is 3. The predicted octanol–water partition coefficient (Wildman–Crippen LogP) is 2.70. The lowest BCUT2D eigenvalue weighted by atomic mass is 9.65. The Bertz CT molecular complexity index is 427. The molecule has 2 rings (SSSR count). The molecule has 1 unspecified atom stereocenters. The normalized spacial score (nSPS) is 20.6. The second-order valence-corrected chi connectivity index (χ2v) is 6.82. The van der Waals surface area contributed by atoms with Crippen molar-refractivity contribution in [3.05, 3.63) is 35.4 Å². The van der Waals surface area contributed by atoms with E-state index in [0.717, 1.165) is 36.8 Å². The van der Waals surface area contributed by atoms with Crippen LogP contribution in [0.3, 0.4) is 0 Å². The lowest BCUT2D eigenvalue weighted by Crippen LogP contribution is -2.52. The molecule has 1 aromatic rings. The van der Waals surface area contributed by atoms with Crippen molar-refractivity contribution in [3.63, 3.8) is 0 Å². The molecule has 1 atom stereocenters. The maximum Gasteiger partial charge on any atom is 0.0733 e. The maximum atomic E-state index is 11.1. The van der Waals surface area contributed by atoms with Crippen LogP contribution in [-0.4, -0.2) is 21.4 Å². The molecule has 1 saturated carbocycles. The lowest BCUT2D eigenvalue weighted by molar-refractivity contribution is -0.0394. The highest BCUT2D eigenvalue weighted by Crippen LogP contribution is 2.44. The first-order valence-corrected chi connectivity index (χ1v) is 7.58. The summed E-state index contributed by atoms with van der Waals surface area (Å²) < 4.78 is 0. The van der Waals surface area contributed by atoms with Crippen LogP contribution in [0.25, 0.3) is 0 Å². The van der Waals surface area contributed by atoms with Crippen LogP contribution in [0.4, 0.5) is 0 Å². The van der Waals surface area contributed by atoms with Crippen molar-refractivity contribution >= 4 is 0 Å². The highest BCUT2D eigenvalue weighted by Gasteiger charge is 2.45. The van der Waals surface area contributed by atoms with Crippen molar-refractivity contribution in [1.29, 1.82) is 0 Å². The molecule has 0 radical (unpaired) electrons. The van der Waals surface area contributed by atoms with Gasteiger partial charge in [0, 0.05) is 11.5 Å². The molecular weight excluding hydrogens is 250 g/mol. The molecule has 3 nitrogen and oxygen atoms in total. The minimum atomic E-state index is -0.711. The molecular formula is C17H27NO2. The predicted molar refractivity (Wildman–Crippen MR) is 81.4 cm³/mol. The second-order valence-electron chi connectivity index (χ2n) is 6.82. The summed E-state index contributed by atoms with van der Waals surface area (Å²) in [5, 5.41) is 20.3. The SMILES string of the molecule is CC(C)(N)C(c1ccc(CO)cc1)C1(O)CCCCC1. The van der Waals surface area contributed by atoms with Gasteiger partial charge in [0.15, 0.2) is 0 Å². The minimum Gasteiger partial charge on any atom is -0.392 e. The Morgan fingerprint density at radius 1 is 1.15 bits per heavy atom. The van der Waals surface area contributed by atoms with Gasteiger partial charge in [-0.3, -0.25) is 0 Å². The van der Waals surface area contributed by atoms with Crippen LogP contribution < -0.4 is 5.73 Å². The molecule has 0 spiro atoms. The summed E-state index contributed by atoms with van der Waals surface area (Å²) in [6, 6.07) is 7.83. The van der Waals surface area contributed by atoms with E-state index in [0.29, 0.717) is 0 Å². The van der Waals surface area contributed by atoms with Crippen molar-refractivity contribution in [3.8, 4) is 0 Å². The van der Waals surface area contributed by atoms with E-state index in [1.807, 2.05) is 38.1 Å². The monoisotopic (exact) mass is 277 g/mol. The van der Waals surface area contributed by atoms with E-state index in [1.165, 1.54) is 6.42 Å². The largest absolute Gasteiger partial charge is 0.392 e. The average molecular weight is 277 g/mol. The molecule has 0 amide bonds. The first-order chi connectivity index (χ1) is 9.37. The lowest BCUT2D eigenvalue weighted by Gasteiger charge is -2.46. The van der Waals surface area contributed by atoms with Gasteiger partial charge >= 0.3 is 0 Å². The number of benzene rings is 1. The van der Waals surface area contributed by atoms with E-state index in [2.05, 4.69) is 0 Å². The third kappa shape index (κ3) is 3.22. The Morgan fingerprint density at radius 3 is 2.15 bits per heavy atom. The van der Waals surface area contributed by atoms with E-state index in [9.17, 15) is 5.11 Å². The fourth-order valence-electron chi connectivity index (χ4n) is 3.70. The molecule has 1 aliphatic carbocycles. The molecule has 3 heteroatoms. The van der Waals surface area contributed by atoms with Crippen LogP contribution in [0.5, 0.6) is 0 Å². The standard InChI is InChI=1S/C17H27NO2/c1-16(2,18)15(17(20)10-4-3-5-11-17)14-8-6-13(12-19)7-9-14/h6-9,15,19-20H,3-5,10-12,18H2,1-2H3. The summed E-state index contributed by atoms with van der Waals surface area (Å²) in [5.74, 6) is -0.0805. The summed E-state index contributed by atoms with van der Waals surface area (Å²) in [6.45, 7) is 4.02. The van der Waals surface area contributed by atoms with Crippen molar-refractivity contribution in [1.82, 2.24) is 0 Å². The Hall–Kier alpha value is -0.900. The van der Waals surface area contributed by atoms with Gasteiger partial charge in [0.25, 0.3) is 0 Å². The summed E-state index contributed by atoms with van der Waals surface area (Å²) in [5.41, 5.74) is 7.15. The van der Waals surface area contributed by atoms with Crippen molar-refractivity contribution in [2.75, 3.05) is 0 Å². The van der Waals surface area contributed by atoms with Gasteiger partial charge in [0.1, 0.15) is 0 Å². The van der Waals surface area contributed by atoms with Crippen molar-refractivity contribution in [2.45, 2.75) is 69.6 Å². The number of aliphatic hydroxyl groups is 2. The average Bonchev–Trinajstić information content (AvgIpc) is 2.38. The van der Waals surface area contributed by atoms with E-state index in [1.54, 1.807) is 0 Å². The summed E-state index contributed by atoms with van der Waals surface area (Å²) >= 11 is 0. The fourth-order valence-corrected chi connectivity index (χ4v) is 3.70. The fraction of sp³-hybridized carbons (Fsp3) is 0.647. The van der Waals surface area contributed by atoms with E-state index >= 15 is 0 Å². The molecule has 0 saturated heterocycles. The van der Waals surface area contributed by atoms with Gasteiger partial charge in [0.05, 0.1) is 12.2 Å². The Balaban J connectivity index is 2.36. The van der Waals surface area contributed by atoms with Gasteiger partial charge in [-0.15, -0.1) is 0 Å².